The number of hydrogen-bond acceptors (Lipinski definition) is 2. The van der Waals surface area contributed by atoms with Crippen LogP contribution >= 0.6 is 11.8 Å². The van der Waals surface area contributed by atoms with E-state index in [4.69, 9.17) is 4.74 Å². The molecule has 0 N–H and O–H groups in total. The Hall–Kier alpha value is -0.990. The van der Waals surface area contributed by atoms with Gasteiger partial charge >= 0.3 is 0 Å². The summed E-state index contributed by atoms with van der Waals surface area (Å²) in [5.41, 5.74) is 2.02. The largest absolute Gasteiger partial charge is 0.370 e. The second kappa shape index (κ2) is 7.06. The molecule has 0 amide bonds. The van der Waals surface area contributed by atoms with Crippen molar-refractivity contribution in [3.63, 3.8) is 0 Å². The van der Waals surface area contributed by atoms with E-state index in [0.29, 0.717) is 17.3 Å². The maximum Gasteiger partial charge on any atom is 0.0901 e. The Morgan fingerprint density at radius 1 is 1.14 bits per heavy atom. The van der Waals surface area contributed by atoms with Crippen molar-refractivity contribution in [2.24, 2.45) is 29.1 Å². The first kappa shape index (κ1) is 19.0. The molecular weight excluding hydrogens is 360 g/mol. The standard InChI is InChI=1S/C26H34OS/c1-18(2)17-27-25-14-13-20-9-10-22-23(28-21-7-5-4-6-8-21)11-12-24(25)26(20,22)16-19(3)15-25/h4-8,11,15,18,20,22,24H,9-10,12-14,16-17H2,1-3H3/t20-,22-,24+,25-,26+/m1/s1. The first-order valence-electron chi connectivity index (χ1n) is 11.3. The third kappa shape index (κ3) is 2.86. The van der Waals surface area contributed by atoms with Crippen LogP contribution in [0.25, 0.3) is 0 Å². The van der Waals surface area contributed by atoms with Gasteiger partial charge in [0.05, 0.1) is 12.2 Å². The molecule has 4 aliphatic rings. The summed E-state index contributed by atoms with van der Waals surface area (Å²) in [6.07, 6.45) is 13.0. The molecule has 0 aromatic heterocycles. The zero-order chi connectivity index (χ0) is 19.4. The molecule has 150 valence electrons. The lowest BCUT2D eigenvalue weighted by Crippen LogP contribution is -2.59. The first-order chi connectivity index (χ1) is 13.5. The van der Waals surface area contributed by atoms with Gasteiger partial charge in [0, 0.05) is 10.8 Å². The number of ether oxygens (including phenoxy) is 1. The van der Waals surface area contributed by atoms with Crippen LogP contribution in [-0.2, 0) is 4.74 Å². The second-order valence-electron chi connectivity index (χ2n) is 10.1. The summed E-state index contributed by atoms with van der Waals surface area (Å²) in [4.78, 5) is 3.05. The summed E-state index contributed by atoms with van der Waals surface area (Å²) in [5.74, 6) is 2.89. The minimum atomic E-state index is -0.00879. The van der Waals surface area contributed by atoms with Crippen molar-refractivity contribution in [3.05, 3.63) is 53.0 Å². The van der Waals surface area contributed by atoms with Crippen molar-refractivity contribution in [3.8, 4) is 0 Å². The van der Waals surface area contributed by atoms with Gasteiger partial charge < -0.3 is 4.74 Å². The molecule has 5 rings (SSSR count). The molecule has 4 aliphatic carbocycles. The predicted molar refractivity (Wildman–Crippen MR) is 118 cm³/mol. The second-order valence-corrected chi connectivity index (χ2v) is 11.3. The van der Waals surface area contributed by atoms with Gasteiger partial charge in [0.25, 0.3) is 0 Å². The molecule has 1 spiro atoms. The van der Waals surface area contributed by atoms with Crippen molar-refractivity contribution in [2.75, 3.05) is 6.61 Å². The quantitative estimate of drug-likeness (QED) is 0.486. The van der Waals surface area contributed by atoms with Crippen LogP contribution in [0.4, 0.5) is 0 Å². The Labute approximate surface area is 175 Å². The number of hydrogen-bond donors (Lipinski definition) is 0. The van der Waals surface area contributed by atoms with Crippen molar-refractivity contribution in [1.82, 2.24) is 0 Å². The van der Waals surface area contributed by atoms with Crippen LogP contribution in [-0.4, -0.2) is 12.2 Å². The number of thioether (sulfide) groups is 1. The van der Waals surface area contributed by atoms with E-state index in [-0.39, 0.29) is 5.60 Å². The summed E-state index contributed by atoms with van der Waals surface area (Å²) >= 11 is 2.04. The highest BCUT2D eigenvalue weighted by Crippen LogP contribution is 2.71. The fraction of sp³-hybridized carbons (Fsp3) is 0.615. The Bertz CT molecular complexity index is 794. The molecule has 28 heavy (non-hydrogen) atoms. The van der Waals surface area contributed by atoms with E-state index in [1.165, 1.54) is 43.4 Å². The fourth-order valence-corrected chi connectivity index (χ4v) is 8.37. The van der Waals surface area contributed by atoms with Crippen molar-refractivity contribution in [1.29, 1.82) is 0 Å². The topological polar surface area (TPSA) is 9.23 Å². The number of rotatable bonds is 5. The average Bonchev–Trinajstić information content (AvgIpc) is 3.02. The fourth-order valence-electron chi connectivity index (χ4n) is 7.15. The van der Waals surface area contributed by atoms with Crippen LogP contribution in [0.15, 0.2) is 57.9 Å². The average molecular weight is 395 g/mol. The molecule has 0 radical (unpaired) electrons. The summed E-state index contributed by atoms with van der Waals surface area (Å²) in [5, 5.41) is 0. The van der Waals surface area contributed by atoms with Gasteiger partial charge in [-0.2, -0.15) is 0 Å². The van der Waals surface area contributed by atoms with E-state index < -0.39 is 0 Å². The van der Waals surface area contributed by atoms with Crippen LogP contribution in [0.1, 0.15) is 59.3 Å². The smallest absolute Gasteiger partial charge is 0.0901 e. The van der Waals surface area contributed by atoms with Gasteiger partial charge in [0.15, 0.2) is 0 Å². The number of allylic oxidation sites excluding steroid dienone is 3. The minimum absolute atomic E-state index is 0.00879. The predicted octanol–water partition coefficient (Wildman–Crippen LogP) is 7.25. The van der Waals surface area contributed by atoms with Gasteiger partial charge in [-0.1, -0.05) is 61.5 Å². The first-order valence-corrected chi connectivity index (χ1v) is 12.1. The lowest BCUT2D eigenvalue weighted by molar-refractivity contribution is -0.163. The van der Waals surface area contributed by atoms with Gasteiger partial charge in [-0.25, -0.2) is 0 Å². The van der Waals surface area contributed by atoms with Gasteiger partial charge in [-0.05, 0) is 85.7 Å². The molecule has 1 aromatic rings. The van der Waals surface area contributed by atoms with Gasteiger partial charge in [0.2, 0.25) is 0 Å². The normalized spacial score (nSPS) is 38.8. The molecule has 5 atom stereocenters. The zero-order valence-corrected chi connectivity index (χ0v) is 18.4. The molecule has 0 aliphatic heterocycles. The molecule has 1 nitrogen and oxygen atoms in total. The summed E-state index contributed by atoms with van der Waals surface area (Å²) in [6, 6.07) is 11.0. The third-order valence-electron chi connectivity index (χ3n) is 7.97. The van der Waals surface area contributed by atoms with E-state index in [1.54, 1.807) is 10.5 Å². The summed E-state index contributed by atoms with van der Waals surface area (Å²) in [6.45, 7) is 7.83. The van der Waals surface area contributed by atoms with E-state index in [0.717, 1.165) is 18.4 Å². The van der Waals surface area contributed by atoms with Gasteiger partial charge in [-0.3, -0.25) is 0 Å². The lowest BCUT2D eigenvalue weighted by atomic mass is 9.46. The van der Waals surface area contributed by atoms with Crippen molar-refractivity contribution in [2.45, 2.75) is 69.8 Å². The molecule has 1 aromatic carbocycles. The van der Waals surface area contributed by atoms with E-state index in [9.17, 15) is 0 Å². The molecule has 2 bridgehead atoms. The zero-order valence-electron chi connectivity index (χ0n) is 17.6. The minimum Gasteiger partial charge on any atom is -0.370 e. The van der Waals surface area contributed by atoms with E-state index in [2.05, 4.69) is 63.3 Å². The monoisotopic (exact) mass is 394 g/mol. The van der Waals surface area contributed by atoms with Crippen LogP contribution in [0.5, 0.6) is 0 Å². The van der Waals surface area contributed by atoms with Crippen molar-refractivity contribution < 1.29 is 4.74 Å². The summed E-state index contributed by atoms with van der Waals surface area (Å²) < 4.78 is 6.80. The van der Waals surface area contributed by atoms with E-state index in [1.807, 2.05) is 11.8 Å². The molecule has 0 heterocycles. The SMILES string of the molecule is CC1=C[C@]2(OCC(C)C)CC[C@H]3CC[C@@H]4C(Sc5ccccc5)=CC[C@@H]2[C@@]34C1. The van der Waals surface area contributed by atoms with Gasteiger partial charge in [0.1, 0.15) is 0 Å². The summed E-state index contributed by atoms with van der Waals surface area (Å²) in [7, 11) is 0. The molecule has 2 heteroatoms. The Morgan fingerprint density at radius 3 is 2.75 bits per heavy atom. The highest BCUT2D eigenvalue weighted by atomic mass is 32.2. The maximum atomic E-state index is 6.80. The number of benzene rings is 1. The molecule has 2 fully saturated rings. The Kier molecular flexibility index (Phi) is 4.79. The lowest BCUT2D eigenvalue weighted by Gasteiger charge is -2.62. The third-order valence-corrected chi connectivity index (χ3v) is 9.17. The maximum absolute atomic E-state index is 6.80. The molecule has 0 unspecified atom stereocenters. The Balaban J connectivity index is 1.53. The highest BCUT2D eigenvalue weighted by Gasteiger charge is 2.66. The van der Waals surface area contributed by atoms with Crippen LogP contribution in [0.3, 0.4) is 0 Å². The van der Waals surface area contributed by atoms with Crippen LogP contribution < -0.4 is 0 Å². The van der Waals surface area contributed by atoms with Crippen LogP contribution in [0, 0.1) is 29.1 Å². The van der Waals surface area contributed by atoms with E-state index >= 15 is 0 Å². The highest BCUT2D eigenvalue weighted by molar-refractivity contribution is 8.03. The van der Waals surface area contributed by atoms with Gasteiger partial charge in [-0.15, -0.1) is 0 Å². The van der Waals surface area contributed by atoms with Crippen LogP contribution in [0.2, 0.25) is 0 Å². The van der Waals surface area contributed by atoms with Crippen molar-refractivity contribution >= 4 is 11.8 Å². The molecule has 2 saturated carbocycles. The Morgan fingerprint density at radius 2 is 1.96 bits per heavy atom. The molecule has 0 saturated heterocycles. The molecular formula is C26H34OS.